The molecule has 0 unspecified atom stereocenters. The number of benzene rings is 7. The number of fused-ring (bicyclic) bond motifs is 7. The predicted molar refractivity (Wildman–Crippen MR) is 214 cm³/mol. The average Bonchev–Trinajstić information content (AvgIpc) is 3.74. The monoisotopic (exact) mass is 662 g/mol. The maximum Gasteiger partial charge on any atom is 0.0999 e. The van der Waals surface area contributed by atoms with Crippen molar-refractivity contribution in [3.63, 3.8) is 0 Å². The van der Waals surface area contributed by atoms with E-state index in [1.165, 1.54) is 5.39 Å². The molecule has 0 N–H and O–H groups in total. The van der Waals surface area contributed by atoms with Gasteiger partial charge in [0.1, 0.15) is 0 Å². The van der Waals surface area contributed by atoms with Gasteiger partial charge in [-0.2, -0.15) is 5.26 Å². The lowest BCUT2D eigenvalue weighted by molar-refractivity contribution is 1.17. The number of pyridine rings is 1. The molecule has 10 aromatic rings. The van der Waals surface area contributed by atoms with E-state index in [9.17, 15) is 5.26 Å². The van der Waals surface area contributed by atoms with E-state index >= 15 is 0 Å². The zero-order valence-electron chi connectivity index (χ0n) is 28.1. The van der Waals surface area contributed by atoms with Crippen LogP contribution < -0.4 is 0 Å². The minimum Gasteiger partial charge on any atom is -0.309 e. The van der Waals surface area contributed by atoms with Crippen LogP contribution in [-0.4, -0.2) is 14.1 Å². The maximum absolute atomic E-state index is 10.8. The van der Waals surface area contributed by atoms with E-state index in [-0.39, 0.29) is 0 Å². The summed E-state index contributed by atoms with van der Waals surface area (Å²) >= 11 is 0. The fourth-order valence-corrected chi connectivity index (χ4v) is 7.92. The molecule has 0 spiro atoms. The Hall–Kier alpha value is -7.22. The molecule has 242 valence electrons. The average molecular weight is 663 g/mol. The minimum atomic E-state index is 0.569. The Morgan fingerprint density at radius 1 is 0.442 bits per heavy atom. The van der Waals surface area contributed by atoms with Gasteiger partial charge in [-0.15, -0.1) is 0 Å². The molecule has 0 saturated carbocycles. The highest BCUT2D eigenvalue weighted by atomic mass is 15.0. The lowest BCUT2D eigenvalue weighted by Crippen LogP contribution is -2.02. The van der Waals surface area contributed by atoms with E-state index < -0.39 is 0 Å². The van der Waals surface area contributed by atoms with Gasteiger partial charge in [0.25, 0.3) is 0 Å². The van der Waals surface area contributed by atoms with Crippen molar-refractivity contribution in [3.8, 4) is 51.1 Å². The number of hydrogen-bond acceptors (Lipinski definition) is 2. The second kappa shape index (κ2) is 12.0. The summed E-state index contributed by atoms with van der Waals surface area (Å²) in [6.45, 7) is 0. The van der Waals surface area contributed by atoms with Crippen LogP contribution in [0.1, 0.15) is 5.56 Å². The highest BCUT2D eigenvalue weighted by Crippen LogP contribution is 2.44. The molecule has 0 aliphatic rings. The second-order valence-corrected chi connectivity index (χ2v) is 13.1. The molecule has 3 aromatic heterocycles. The highest BCUT2D eigenvalue weighted by molar-refractivity contribution is 6.26. The Kier molecular flexibility index (Phi) is 6.84. The summed E-state index contributed by atoms with van der Waals surface area (Å²) in [5.41, 5.74) is 12.6. The Balaban J connectivity index is 1.35. The van der Waals surface area contributed by atoms with Gasteiger partial charge in [0.05, 0.1) is 50.8 Å². The van der Waals surface area contributed by atoms with Crippen molar-refractivity contribution in [1.82, 2.24) is 14.1 Å². The summed E-state index contributed by atoms with van der Waals surface area (Å²) in [6.07, 6.45) is 0. The van der Waals surface area contributed by atoms with Gasteiger partial charge in [0, 0.05) is 38.4 Å². The van der Waals surface area contributed by atoms with E-state index in [1.54, 1.807) is 0 Å². The van der Waals surface area contributed by atoms with E-state index in [0.717, 1.165) is 83.2 Å². The van der Waals surface area contributed by atoms with E-state index in [4.69, 9.17) is 4.98 Å². The molecule has 4 nitrogen and oxygen atoms in total. The molecule has 10 rings (SSSR count). The van der Waals surface area contributed by atoms with Gasteiger partial charge >= 0.3 is 0 Å². The lowest BCUT2D eigenvalue weighted by atomic mass is 9.96. The number of nitriles is 1. The van der Waals surface area contributed by atoms with Crippen LogP contribution in [0.5, 0.6) is 0 Å². The summed E-state index contributed by atoms with van der Waals surface area (Å²) < 4.78 is 4.72. The minimum absolute atomic E-state index is 0.569. The topological polar surface area (TPSA) is 46.5 Å². The molecule has 0 bridgehead atoms. The van der Waals surface area contributed by atoms with Gasteiger partial charge in [-0.05, 0) is 65.7 Å². The van der Waals surface area contributed by atoms with Gasteiger partial charge in [0.2, 0.25) is 0 Å². The first-order chi connectivity index (χ1) is 25.8. The summed E-state index contributed by atoms with van der Waals surface area (Å²) in [6, 6.07) is 65.8. The Morgan fingerprint density at radius 3 is 1.79 bits per heavy atom. The number of nitrogens with zero attached hydrogens (tertiary/aromatic N) is 4. The molecule has 3 heterocycles. The van der Waals surface area contributed by atoms with E-state index in [2.05, 4.69) is 161 Å². The molecule has 0 aliphatic carbocycles. The fraction of sp³-hybridized carbons (Fsp3) is 0. The van der Waals surface area contributed by atoms with Crippen LogP contribution in [-0.2, 0) is 0 Å². The second-order valence-electron chi connectivity index (χ2n) is 13.1. The van der Waals surface area contributed by atoms with Gasteiger partial charge in [0.15, 0.2) is 0 Å². The third-order valence-electron chi connectivity index (χ3n) is 10.1. The zero-order chi connectivity index (χ0) is 34.6. The van der Waals surface area contributed by atoms with Crippen molar-refractivity contribution in [2.75, 3.05) is 0 Å². The van der Waals surface area contributed by atoms with Crippen LogP contribution in [0.4, 0.5) is 0 Å². The zero-order valence-corrected chi connectivity index (χ0v) is 28.1. The first kappa shape index (κ1) is 29.7. The molecule has 0 amide bonds. The predicted octanol–water partition coefficient (Wildman–Crippen LogP) is 12.1. The third kappa shape index (κ3) is 4.57. The van der Waals surface area contributed by atoms with Crippen molar-refractivity contribution in [1.29, 1.82) is 5.26 Å². The molecule has 0 atom stereocenters. The SMILES string of the molecule is N#Cc1cccc(-n2c3ccccc3c3ccc4c(c5ccccc5n4-c4ccccc4)c32)c1-c1cc(-c2ccccc2)cc(-c2ccccc2)n1. The maximum atomic E-state index is 10.8. The van der Waals surface area contributed by atoms with Crippen LogP contribution in [0.25, 0.3) is 88.6 Å². The first-order valence-electron chi connectivity index (χ1n) is 17.5. The number of rotatable bonds is 5. The van der Waals surface area contributed by atoms with Crippen molar-refractivity contribution in [2.45, 2.75) is 0 Å². The van der Waals surface area contributed by atoms with Crippen LogP contribution in [0.2, 0.25) is 0 Å². The van der Waals surface area contributed by atoms with Crippen molar-refractivity contribution >= 4 is 43.6 Å². The van der Waals surface area contributed by atoms with E-state index in [0.29, 0.717) is 5.56 Å². The molecule has 7 aromatic carbocycles. The molecule has 4 heteroatoms. The largest absolute Gasteiger partial charge is 0.309 e. The summed E-state index contributed by atoms with van der Waals surface area (Å²) in [5.74, 6) is 0. The smallest absolute Gasteiger partial charge is 0.0999 e. The molecule has 0 saturated heterocycles. The van der Waals surface area contributed by atoms with Crippen LogP contribution in [0, 0.1) is 11.3 Å². The Morgan fingerprint density at radius 2 is 1.06 bits per heavy atom. The van der Waals surface area contributed by atoms with Gasteiger partial charge in [-0.1, -0.05) is 127 Å². The number of para-hydroxylation sites is 3. The molecular weight excluding hydrogens is 633 g/mol. The molecule has 52 heavy (non-hydrogen) atoms. The normalized spacial score (nSPS) is 11.4. The van der Waals surface area contributed by atoms with Crippen LogP contribution >= 0.6 is 0 Å². The van der Waals surface area contributed by atoms with Crippen molar-refractivity contribution < 1.29 is 0 Å². The lowest BCUT2D eigenvalue weighted by Gasteiger charge is -2.17. The molecular formula is C48H30N4. The fourth-order valence-electron chi connectivity index (χ4n) is 7.92. The third-order valence-corrected chi connectivity index (χ3v) is 10.1. The molecule has 0 radical (unpaired) electrons. The Bertz CT molecular complexity index is 2940. The van der Waals surface area contributed by atoms with Crippen molar-refractivity contribution in [3.05, 3.63) is 188 Å². The highest BCUT2D eigenvalue weighted by Gasteiger charge is 2.24. The van der Waals surface area contributed by atoms with Crippen LogP contribution in [0.15, 0.2) is 182 Å². The standard InChI is InChI=1S/C48H30N4/c49-31-34-19-14-26-44(46(34)41-30-35(32-15-4-1-5-16-32)29-40(50-41)33-17-6-2-7-18-33)52-42-24-12-10-22-37(42)38-27-28-45-47(48(38)52)39-23-11-13-25-43(39)51(45)36-20-8-3-9-21-36/h1-30H. The van der Waals surface area contributed by atoms with Crippen LogP contribution in [0.3, 0.4) is 0 Å². The molecule has 0 fully saturated rings. The number of aromatic nitrogens is 3. The van der Waals surface area contributed by atoms with Crippen molar-refractivity contribution in [2.24, 2.45) is 0 Å². The first-order valence-corrected chi connectivity index (χ1v) is 17.5. The molecule has 0 aliphatic heterocycles. The van der Waals surface area contributed by atoms with Gasteiger partial charge in [-0.25, -0.2) is 4.98 Å². The number of hydrogen-bond donors (Lipinski definition) is 0. The van der Waals surface area contributed by atoms with Gasteiger partial charge in [-0.3, -0.25) is 0 Å². The Labute approximate surface area is 300 Å². The summed E-state index contributed by atoms with van der Waals surface area (Å²) in [7, 11) is 0. The quantitative estimate of drug-likeness (QED) is 0.184. The summed E-state index contributed by atoms with van der Waals surface area (Å²) in [5, 5.41) is 15.4. The summed E-state index contributed by atoms with van der Waals surface area (Å²) in [4.78, 5) is 5.33. The van der Waals surface area contributed by atoms with E-state index in [1.807, 2.05) is 36.4 Å². The van der Waals surface area contributed by atoms with Gasteiger partial charge < -0.3 is 9.13 Å².